The van der Waals surface area contributed by atoms with E-state index in [0.717, 1.165) is 11.4 Å². The fourth-order valence-electron chi connectivity index (χ4n) is 1.05. The van der Waals surface area contributed by atoms with Crippen LogP contribution >= 0.6 is 11.3 Å². The molecule has 0 unspecified atom stereocenters. The monoisotopic (exact) mass is 225 g/mol. The van der Waals surface area contributed by atoms with Gasteiger partial charge in [0.25, 0.3) is 0 Å². The Labute approximate surface area is 93.8 Å². The Hall–Kier alpha value is -1.13. The lowest BCUT2D eigenvalue weighted by atomic mass is 10.4. The van der Waals surface area contributed by atoms with Gasteiger partial charge in [-0.25, -0.2) is 4.79 Å². The summed E-state index contributed by atoms with van der Waals surface area (Å²) in [5.74, 6) is -0.240. The Morgan fingerprint density at radius 3 is 3.07 bits per heavy atom. The first-order valence-electron chi connectivity index (χ1n) is 4.86. The van der Waals surface area contributed by atoms with Crippen LogP contribution in [0.15, 0.2) is 18.2 Å². The van der Waals surface area contributed by atoms with Crippen LogP contribution in [0.5, 0.6) is 0 Å². The number of carbonyl (C=O) groups is 1. The van der Waals surface area contributed by atoms with Gasteiger partial charge in [0.05, 0.1) is 6.61 Å². The fourth-order valence-corrected chi connectivity index (χ4v) is 1.88. The van der Waals surface area contributed by atoms with Gasteiger partial charge in [-0.2, -0.15) is 0 Å². The molecular weight excluding hydrogens is 210 g/mol. The summed E-state index contributed by atoms with van der Waals surface area (Å²) < 4.78 is 4.90. The van der Waals surface area contributed by atoms with Gasteiger partial charge in [-0.3, -0.25) is 0 Å². The predicted molar refractivity (Wildman–Crippen MR) is 63.2 cm³/mol. The largest absolute Gasteiger partial charge is 0.462 e. The van der Waals surface area contributed by atoms with Crippen LogP contribution in [0.4, 0.5) is 0 Å². The normalized spacial score (nSPS) is 10.8. The third-order valence-corrected chi connectivity index (χ3v) is 2.74. The Morgan fingerprint density at radius 2 is 2.40 bits per heavy atom. The van der Waals surface area contributed by atoms with Gasteiger partial charge in [-0.05, 0) is 32.2 Å². The van der Waals surface area contributed by atoms with Crippen molar-refractivity contribution in [1.29, 1.82) is 0 Å². The van der Waals surface area contributed by atoms with E-state index in [9.17, 15) is 4.79 Å². The van der Waals surface area contributed by atoms with Crippen molar-refractivity contribution in [3.05, 3.63) is 28.0 Å². The van der Waals surface area contributed by atoms with Crippen LogP contribution in [-0.4, -0.2) is 26.2 Å². The first-order chi connectivity index (χ1) is 7.27. The van der Waals surface area contributed by atoms with Gasteiger partial charge in [0, 0.05) is 11.4 Å². The number of nitrogens with one attached hydrogen (secondary N) is 1. The number of esters is 1. The van der Waals surface area contributed by atoms with E-state index in [1.54, 1.807) is 13.0 Å². The summed E-state index contributed by atoms with van der Waals surface area (Å²) >= 11 is 1.44. The Bertz CT molecular complexity index is 344. The molecule has 0 aliphatic rings. The van der Waals surface area contributed by atoms with E-state index in [4.69, 9.17) is 4.74 Å². The Balaban J connectivity index is 2.59. The highest BCUT2D eigenvalue weighted by atomic mass is 32.1. The first-order valence-corrected chi connectivity index (χ1v) is 5.67. The summed E-state index contributed by atoms with van der Waals surface area (Å²) in [5, 5.41) is 3.01. The van der Waals surface area contributed by atoms with Crippen molar-refractivity contribution in [2.24, 2.45) is 0 Å². The molecule has 0 atom stereocenters. The molecule has 1 N–H and O–H groups in total. The maximum absolute atomic E-state index is 11.3. The average Bonchev–Trinajstić information content (AvgIpc) is 2.67. The van der Waals surface area contributed by atoms with Crippen LogP contribution in [0.3, 0.4) is 0 Å². The highest BCUT2D eigenvalue weighted by Crippen LogP contribution is 2.18. The lowest BCUT2D eigenvalue weighted by Crippen LogP contribution is -2.03. The van der Waals surface area contributed by atoms with E-state index in [0.29, 0.717) is 11.5 Å². The molecule has 0 fully saturated rings. The molecule has 0 radical (unpaired) electrons. The molecule has 0 amide bonds. The summed E-state index contributed by atoms with van der Waals surface area (Å²) in [4.78, 5) is 13.1. The van der Waals surface area contributed by atoms with Crippen LogP contribution in [0.1, 0.15) is 21.5 Å². The number of likely N-dealkylation sites (N-methyl/N-ethyl adjacent to an activating group) is 1. The maximum Gasteiger partial charge on any atom is 0.348 e. The average molecular weight is 225 g/mol. The minimum absolute atomic E-state index is 0.240. The minimum atomic E-state index is -0.240. The molecule has 0 aliphatic carbocycles. The Morgan fingerprint density at radius 1 is 1.60 bits per heavy atom. The van der Waals surface area contributed by atoms with Gasteiger partial charge >= 0.3 is 5.97 Å². The number of thiophene rings is 1. The Kier molecular flexibility index (Phi) is 5.07. The second-order valence-electron chi connectivity index (χ2n) is 2.88. The zero-order chi connectivity index (χ0) is 11.1. The highest BCUT2D eigenvalue weighted by Gasteiger charge is 2.08. The molecule has 1 aromatic heterocycles. The lowest BCUT2D eigenvalue weighted by molar-refractivity contribution is 0.0532. The lowest BCUT2D eigenvalue weighted by Gasteiger charge is -1.96. The number of ether oxygens (including phenoxy) is 1. The molecule has 1 rings (SSSR count). The molecule has 15 heavy (non-hydrogen) atoms. The van der Waals surface area contributed by atoms with Gasteiger partial charge in [0.2, 0.25) is 0 Å². The van der Waals surface area contributed by atoms with Gasteiger partial charge in [-0.1, -0.05) is 6.08 Å². The van der Waals surface area contributed by atoms with Crippen molar-refractivity contribution in [1.82, 2.24) is 5.32 Å². The second kappa shape index (κ2) is 6.37. The molecule has 1 aromatic rings. The summed E-state index contributed by atoms with van der Waals surface area (Å²) in [5.41, 5.74) is 0. The van der Waals surface area contributed by atoms with Crippen molar-refractivity contribution in [2.45, 2.75) is 6.92 Å². The van der Waals surface area contributed by atoms with E-state index in [1.807, 2.05) is 25.3 Å². The third kappa shape index (κ3) is 3.85. The van der Waals surface area contributed by atoms with Crippen molar-refractivity contribution < 1.29 is 9.53 Å². The quantitative estimate of drug-likeness (QED) is 0.780. The molecule has 0 spiro atoms. The third-order valence-electron chi connectivity index (χ3n) is 1.71. The number of hydrogen-bond donors (Lipinski definition) is 1. The van der Waals surface area contributed by atoms with Crippen LogP contribution in [0.25, 0.3) is 6.08 Å². The van der Waals surface area contributed by atoms with Crippen molar-refractivity contribution in [2.75, 3.05) is 20.2 Å². The summed E-state index contributed by atoms with van der Waals surface area (Å²) in [7, 11) is 1.89. The molecule has 0 saturated heterocycles. The van der Waals surface area contributed by atoms with E-state index in [2.05, 4.69) is 5.32 Å². The molecule has 82 valence electrons. The van der Waals surface area contributed by atoms with Gasteiger partial charge in [0.1, 0.15) is 4.88 Å². The van der Waals surface area contributed by atoms with Gasteiger partial charge in [0.15, 0.2) is 0 Å². The smallest absolute Gasteiger partial charge is 0.348 e. The van der Waals surface area contributed by atoms with Crippen molar-refractivity contribution in [3.8, 4) is 0 Å². The van der Waals surface area contributed by atoms with Crippen molar-refractivity contribution >= 4 is 23.4 Å². The number of rotatable bonds is 5. The summed E-state index contributed by atoms with van der Waals surface area (Å²) in [6.45, 7) is 3.05. The molecule has 0 aromatic carbocycles. The predicted octanol–water partition coefficient (Wildman–Crippen LogP) is 2.16. The second-order valence-corrected chi connectivity index (χ2v) is 4.00. The summed E-state index contributed by atoms with van der Waals surface area (Å²) in [6, 6.07) is 3.71. The van der Waals surface area contributed by atoms with Crippen LogP contribution in [0.2, 0.25) is 0 Å². The van der Waals surface area contributed by atoms with E-state index in [-0.39, 0.29) is 5.97 Å². The maximum atomic E-state index is 11.3. The summed E-state index contributed by atoms with van der Waals surface area (Å²) in [6.07, 6.45) is 4.00. The zero-order valence-corrected chi connectivity index (χ0v) is 9.76. The van der Waals surface area contributed by atoms with Crippen molar-refractivity contribution in [3.63, 3.8) is 0 Å². The standard InChI is InChI=1S/C11H15NO2S/c1-3-14-11(13)10-7-6-9(15-10)5-4-8-12-2/h4-7,12H,3,8H2,1-2H3. The molecular formula is C11H15NO2S. The first kappa shape index (κ1) is 11.9. The highest BCUT2D eigenvalue weighted by molar-refractivity contribution is 7.14. The number of carbonyl (C=O) groups excluding carboxylic acids is 1. The van der Waals surface area contributed by atoms with Crippen LogP contribution in [-0.2, 0) is 4.74 Å². The van der Waals surface area contributed by atoms with E-state index < -0.39 is 0 Å². The molecule has 0 bridgehead atoms. The van der Waals surface area contributed by atoms with Crippen LogP contribution < -0.4 is 5.32 Å². The molecule has 4 heteroatoms. The topological polar surface area (TPSA) is 38.3 Å². The van der Waals surface area contributed by atoms with Gasteiger partial charge < -0.3 is 10.1 Å². The fraction of sp³-hybridized carbons (Fsp3) is 0.364. The molecule has 3 nitrogen and oxygen atoms in total. The van der Waals surface area contributed by atoms with Gasteiger partial charge in [-0.15, -0.1) is 11.3 Å². The van der Waals surface area contributed by atoms with E-state index >= 15 is 0 Å². The zero-order valence-electron chi connectivity index (χ0n) is 8.95. The number of hydrogen-bond acceptors (Lipinski definition) is 4. The molecule has 0 saturated carbocycles. The molecule has 0 aliphatic heterocycles. The SMILES string of the molecule is CCOC(=O)c1ccc(C=CCNC)s1. The van der Waals surface area contributed by atoms with Crippen LogP contribution in [0, 0.1) is 0 Å². The van der Waals surface area contributed by atoms with E-state index in [1.165, 1.54) is 11.3 Å². The molecule has 1 heterocycles. The minimum Gasteiger partial charge on any atom is -0.462 e.